The summed E-state index contributed by atoms with van der Waals surface area (Å²) >= 11 is 0. The fraction of sp³-hybridized carbons (Fsp3) is 0.500. The van der Waals surface area contributed by atoms with Crippen LogP contribution in [0.2, 0.25) is 0 Å². The molecule has 0 aliphatic heterocycles. The molecule has 24 heavy (non-hydrogen) atoms. The fourth-order valence-electron chi connectivity index (χ4n) is 3.26. The van der Waals surface area contributed by atoms with Crippen LogP contribution in [-0.2, 0) is 6.42 Å². The van der Waals surface area contributed by atoms with Crippen molar-refractivity contribution in [2.24, 2.45) is 5.92 Å². The number of fused-ring (bicyclic) bond motifs is 1. The Kier molecular flexibility index (Phi) is 7.20. The molecule has 0 saturated carbocycles. The molecule has 0 aliphatic rings. The van der Waals surface area contributed by atoms with Gasteiger partial charge in [0.05, 0.1) is 5.71 Å². The minimum absolute atomic E-state index is 0.559. The lowest BCUT2D eigenvalue weighted by Gasteiger charge is -2.26. The Morgan fingerprint density at radius 3 is 2.75 bits per heavy atom. The number of rotatable bonds is 10. The molecule has 0 amide bonds. The van der Waals surface area contributed by atoms with E-state index in [1.807, 2.05) is 0 Å². The predicted octanol–water partition coefficient (Wildman–Crippen LogP) is 4.80. The number of hydrogen-bond acceptors (Lipinski definition) is 2. The van der Waals surface area contributed by atoms with Gasteiger partial charge in [-0.1, -0.05) is 39.0 Å². The highest BCUT2D eigenvalue weighted by Crippen LogP contribution is 2.21. The van der Waals surface area contributed by atoms with E-state index in [1.165, 1.54) is 16.5 Å². The van der Waals surface area contributed by atoms with E-state index in [2.05, 4.69) is 70.0 Å². The van der Waals surface area contributed by atoms with Crippen LogP contribution in [0.15, 0.2) is 30.5 Å². The number of nitrogens with one attached hydrogen (secondary N) is 2. The van der Waals surface area contributed by atoms with Crippen LogP contribution >= 0.6 is 8.86 Å². The van der Waals surface area contributed by atoms with E-state index in [1.54, 1.807) is 0 Å². The second-order valence-corrected chi connectivity index (χ2v) is 7.32. The summed E-state index contributed by atoms with van der Waals surface area (Å²) in [6.07, 6.45) is 5.22. The zero-order chi connectivity index (χ0) is 17.5. The molecule has 0 fully saturated rings. The number of hydrogen-bond donors (Lipinski definition) is 2. The van der Waals surface area contributed by atoms with Crippen LogP contribution in [0.1, 0.15) is 39.2 Å². The zero-order valence-corrected chi connectivity index (χ0v) is 16.2. The molecule has 2 rings (SSSR count). The largest absolute Gasteiger partial charge is 0.361 e. The first kappa shape index (κ1) is 18.9. The Labute approximate surface area is 148 Å². The first-order valence-corrected chi connectivity index (χ1v) is 9.47. The molecule has 0 aliphatic carbocycles. The van der Waals surface area contributed by atoms with Crippen molar-refractivity contribution in [1.29, 1.82) is 5.41 Å². The molecule has 1 unspecified atom stereocenters. The number of para-hydroxylation sites is 1. The maximum absolute atomic E-state index is 8.22. The summed E-state index contributed by atoms with van der Waals surface area (Å²) in [6, 6.07) is 8.50. The predicted molar refractivity (Wildman–Crippen MR) is 109 cm³/mol. The van der Waals surface area contributed by atoms with Gasteiger partial charge in [-0.3, -0.25) is 4.90 Å². The molecular weight excluding hydrogens is 313 g/mol. The van der Waals surface area contributed by atoms with E-state index in [0.29, 0.717) is 11.6 Å². The normalized spacial score (nSPS) is 12.7. The topological polar surface area (TPSA) is 42.9 Å². The lowest BCUT2D eigenvalue weighted by molar-refractivity contribution is 0.267. The molecule has 4 heteroatoms. The van der Waals surface area contributed by atoms with Crippen molar-refractivity contribution in [1.82, 2.24) is 9.88 Å². The van der Waals surface area contributed by atoms with Crippen molar-refractivity contribution in [3.05, 3.63) is 36.0 Å². The highest BCUT2D eigenvalue weighted by Gasteiger charge is 2.15. The Balaban J connectivity index is 1.98. The lowest BCUT2D eigenvalue weighted by Crippen LogP contribution is -2.36. The van der Waals surface area contributed by atoms with Crippen molar-refractivity contribution in [3.8, 4) is 0 Å². The third-order valence-electron chi connectivity index (χ3n) is 4.45. The molecule has 2 aromatic rings. The van der Waals surface area contributed by atoms with Crippen LogP contribution in [0.4, 0.5) is 0 Å². The molecule has 0 spiro atoms. The average Bonchev–Trinajstić information content (AvgIpc) is 2.97. The fourth-order valence-corrected chi connectivity index (χ4v) is 3.34. The molecule has 2 N–H and O–H groups in total. The minimum Gasteiger partial charge on any atom is -0.361 e. The Bertz CT molecular complexity index is 689. The van der Waals surface area contributed by atoms with Gasteiger partial charge in [-0.05, 0) is 48.6 Å². The third-order valence-corrected chi connectivity index (χ3v) is 5.11. The van der Waals surface area contributed by atoms with Crippen LogP contribution in [0.5, 0.6) is 0 Å². The van der Waals surface area contributed by atoms with Crippen molar-refractivity contribution in [2.45, 2.75) is 40.0 Å². The first-order valence-electron chi connectivity index (χ1n) is 8.97. The maximum atomic E-state index is 8.22. The highest BCUT2D eigenvalue weighted by molar-refractivity contribution is 7.25. The van der Waals surface area contributed by atoms with Crippen molar-refractivity contribution < 1.29 is 0 Å². The summed E-state index contributed by atoms with van der Waals surface area (Å²) in [5.41, 5.74) is 3.32. The number of aromatic amines is 1. The molecular formula is C20H30N3P. The van der Waals surface area contributed by atoms with Gasteiger partial charge in [0.15, 0.2) is 0 Å². The number of benzene rings is 1. The zero-order valence-electron chi connectivity index (χ0n) is 15.2. The smallest absolute Gasteiger partial charge is 0.0525 e. The molecule has 1 atom stereocenters. The Hall–Kier alpha value is -1.44. The van der Waals surface area contributed by atoms with Crippen LogP contribution in [0.3, 0.4) is 0 Å². The third kappa shape index (κ3) is 5.03. The lowest BCUT2D eigenvalue weighted by atomic mass is 9.99. The van der Waals surface area contributed by atoms with Gasteiger partial charge in [0.2, 0.25) is 0 Å². The van der Waals surface area contributed by atoms with E-state index in [9.17, 15) is 0 Å². The molecule has 130 valence electrons. The van der Waals surface area contributed by atoms with E-state index in [0.717, 1.165) is 44.2 Å². The number of aromatic nitrogens is 1. The van der Waals surface area contributed by atoms with Crippen molar-refractivity contribution in [2.75, 3.05) is 19.6 Å². The maximum Gasteiger partial charge on any atom is 0.0525 e. The molecule has 1 aromatic heterocycles. The molecule has 0 saturated heterocycles. The second kappa shape index (κ2) is 9.15. The first-order chi connectivity index (χ1) is 11.5. The average molecular weight is 343 g/mol. The highest BCUT2D eigenvalue weighted by atomic mass is 31.0. The van der Waals surface area contributed by atoms with E-state index in [4.69, 9.17) is 5.41 Å². The van der Waals surface area contributed by atoms with Gasteiger partial charge in [-0.15, -0.1) is 8.86 Å². The monoisotopic (exact) mass is 343 g/mol. The summed E-state index contributed by atoms with van der Waals surface area (Å²) in [7, 11) is 3.58. The van der Waals surface area contributed by atoms with E-state index < -0.39 is 0 Å². The molecule has 0 bridgehead atoms. The quantitative estimate of drug-likeness (QED) is 0.472. The van der Waals surface area contributed by atoms with Crippen LogP contribution in [0.25, 0.3) is 10.9 Å². The van der Waals surface area contributed by atoms with Crippen molar-refractivity contribution >= 4 is 30.8 Å². The van der Waals surface area contributed by atoms with Crippen LogP contribution in [-0.4, -0.2) is 40.5 Å². The SMILES string of the molecule is CCCN(CC(=N)C(=P)CC)CC(C)Cc1c[nH]c2ccccc12. The summed E-state index contributed by atoms with van der Waals surface area (Å²) in [5, 5.41) is 10.6. The van der Waals surface area contributed by atoms with Crippen LogP contribution < -0.4 is 0 Å². The van der Waals surface area contributed by atoms with Gasteiger partial charge < -0.3 is 10.4 Å². The minimum atomic E-state index is 0.559. The van der Waals surface area contributed by atoms with E-state index in [-0.39, 0.29) is 0 Å². The van der Waals surface area contributed by atoms with Crippen LogP contribution in [0, 0.1) is 11.3 Å². The Morgan fingerprint density at radius 1 is 1.29 bits per heavy atom. The number of H-pyrrole nitrogens is 1. The molecule has 3 nitrogen and oxygen atoms in total. The second-order valence-electron chi connectivity index (χ2n) is 6.71. The van der Waals surface area contributed by atoms with Gasteiger partial charge in [-0.2, -0.15) is 0 Å². The summed E-state index contributed by atoms with van der Waals surface area (Å²) in [4.78, 5) is 5.78. The van der Waals surface area contributed by atoms with Gasteiger partial charge in [0, 0.05) is 30.2 Å². The van der Waals surface area contributed by atoms with E-state index >= 15 is 0 Å². The standard InChI is InChI=1S/C20H30N3P/c1-4-10-23(14-18(21)20(24)5-2)13-15(3)11-16-12-22-19-9-7-6-8-17(16)19/h6-9,12,15,21-22,24H,4-5,10-11,13-14H2,1-3H3. The van der Waals surface area contributed by atoms with Gasteiger partial charge in [0.25, 0.3) is 0 Å². The molecule has 0 radical (unpaired) electrons. The van der Waals surface area contributed by atoms with Gasteiger partial charge in [-0.25, -0.2) is 0 Å². The summed E-state index contributed by atoms with van der Waals surface area (Å²) in [6.45, 7) is 9.41. The number of nitrogens with zero attached hydrogens (tertiary/aromatic N) is 1. The van der Waals surface area contributed by atoms with Gasteiger partial charge >= 0.3 is 0 Å². The molecule has 1 aromatic carbocycles. The Morgan fingerprint density at radius 2 is 2.04 bits per heavy atom. The van der Waals surface area contributed by atoms with Gasteiger partial charge in [0.1, 0.15) is 0 Å². The summed E-state index contributed by atoms with van der Waals surface area (Å²) < 4.78 is 0. The summed E-state index contributed by atoms with van der Waals surface area (Å²) in [5.74, 6) is 0.559. The van der Waals surface area contributed by atoms with Crippen molar-refractivity contribution in [3.63, 3.8) is 0 Å². The molecule has 1 heterocycles.